The zero-order valence-corrected chi connectivity index (χ0v) is 14.9. The monoisotopic (exact) mass is 383 g/mol. The maximum absolute atomic E-state index is 13.0. The fraction of sp³-hybridized carbons (Fsp3) is 0.105. The molecule has 2 aromatic carbocycles. The van der Waals surface area contributed by atoms with Crippen LogP contribution in [0.25, 0.3) is 17.1 Å². The van der Waals surface area contributed by atoms with E-state index in [-0.39, 0.29) is 5.75 Å². The van der Waals surface area contributed by atoms with E-state index in [1.54, 1.807) is 0 Å². The number of para-hydroxylation sites is 1. The van der Waals surface area contributed by atoms with Crippen molar-refractivity contribution < 1.29 is 8.78 Å². The first-order chi connectivity index (χ1) is 13.2. The number of aromatic nitrogens is 5. The molecule has 0 N–H and O–H groups in total. The number of halogens is 2. The van der Waals surface area contributed by atoms with Crippen molar-refractivity contribution in [2.75, 3.05) is 0 Å². The van der Waals surface area contributed by atoms with Crippen LogP contribution in [0.2, 0.25) is 0 Å². The largest absolute Gasteiger partial charge is 0.319 e. The third kappa shape index (κ3) is 3.61. The topological polar surface area (TPSA) is 48.5 Å². The van der Waals surface area contributed by atoms with Crippen LogP contribution < -0.4 is 0 Å². The first-order valence-corrected chi connectivity index (χ1v) is 9.21. The van der Waals surface area contributed by atoms with Gasteiger partial charge in [-0.3, -0.25) is 9.13 Å². The average Bonchev–Trinajstić information content (AvgIpc) is 3.34. The number of rotatable bonds is 6. The summed E-state index contributed by atoms with van der Waals surface area (Å²) >= 11 is 1.32. The van der Waals surface area contributed by atoms with Gasteiger partial charge in [-0.15, -0.1) is 10.2 Å². The minimum Gasteiger partial charge on any atom is -0.277 e. The van der Waals surface area contributed by atoms with E-state index < -0.39 is 6.55 Å². The highest BCUT2D eigenvalue weighted by Gasteiger charge is 2.18. The molecule has 27 heavy (non-hydrogen) atoms. The Kier molecular flexibility index (Phi) is 4.97. The van der Waals surface area contributed by atoms with Crippen LogP contribution in [0.15, 0.2) is 78.2 Å². The third-order valence-electron chi connectivity index (χ3n) is 3.97. The lowest BCUT2D eigenvalue weighted by Gasteiger charge is -2.10. The van der Waals surface area contributed by atoms with E-state index in [0.717, 1.165) is 15.8 Å². The van der Waals surface area contributed by atoms with Gasteiger partial charge in [-0.1, -0.05) is 60.3 Å². The van der Waals surface area contributed by atoms with E-state index in [2.05, 4.69) is 15.2 Å². The molecule has 2 heterocycles. The molecule has 4 rings (SSSR count). The molecule has 0 bridgehead atoms. The maximum Gasteiger partial charge on any atom is 0.319 e. The maximum atomic E-state index is 13.0. The molecular formula is C19H15F2N5S. The molecule has 0 aliphatic rings. The van der Waals surface area contributed by atoms with E-state index in [1.165, 1.54) is 24.2 Å². The second kappa shape index (κ2) is 7.71. The number of nitrogens with zero attached hydrogens (tertiary/aromatic N) is 5. The molecule has 0 atom stereocenters. The summed E-state index contributed by atoms with van der Waals surface area (Å²) in [5, 5.41) is 9.25. The van der Waals surface area contributed by atoms with Gasteiger partial charge in [0, 0.05) is 23.6 Å². The number of benzene rings is 2. The van der Waals surface area contributed by atoms with Crippen molar-refractivity contribution in [1.82, 2.24) is 24.3 Å². The lowest BCUT2D eigenvalue weighted by atomic mass is 10.2. The van der Waals surface area contributed by atoms with Crippen LogP contribution in [0.4, 0.5) is 8.78 Å². The Morgan fingerprint density at radius 1 is 0.926 bits per heavy atom. The van der Waals surface area contributed by atoms with Gasteiger partial charge in [0.15, 0.2) is 11.0 Å². The molecule has 8 heteroatoms. The lowest BCUT2D eigenvalue weighted by Crippen LogP contribution is -2.03. The minimum atomic E-state index is -2.62. The molecular weight excluding hydrogens is 368 g/mol. The molecule has 4 aromatic rings. The fourth-order valence-electron chi connectivity index (χ4n) is 2.71. The summed E-state index contributed by atoms with van der Waals surface area (Å²) in [6.45, 7) is -2.62. The molecule has 0 aliphatic heterocycles. The summed E-state index contributed by atoms with van der Waals surface area (Å²) in [6.07, 6.45) is 2.65. The molecule has 0 spiro atoms. The van der Waals surface area contributed by atoms with Crippen molar-refractivity contribution >= 4 is 11.8 Å². The van der Waals surface area contributed by atoms with Crippen LogP contribution in [0.5, 0.6) is 0 Å². The quantitative estimate of drug-likeness (QED) is 0.448. The van der Waals surface area contributed by atoms with Gasteiger partial charge in [-0.25, -0.2) is 4.98 Å². The predicted octanol–water partition coefficient (Wildman–Crippen LogP) is 4.82. The number of hydrogen-bond acceptors (Lipinski definition) is 4. The highest BCUT2D eigenvalue weighted by molar-refractivity contribution is 7.98. The Morgan fingerprint density at radius 2 is 1.63 bits per heavy atom. The van der Waals surface area contributed by atoms with E-state index in [0.29, 0.717) is 16.8 Å². The van der Waals surface area contributed by atoms with Gasteiger partial charge in [0.1, 0.15) is 5.82 Å². The van der Waals surface area contributed by atoms with E-state index in [1.807, 2.05) is 65.2 Å². The highest BCUT2D eigenvalue weighted by Crippen LogP contribution is 2.29. The van der Waals surface area contributed by atoms with Crippen molar-refractivity contribution in [2.24, 2.45) is 0 Å². The molecule has 5 nitrogen and oxygen atoms in total. The van der Waals surface area contributed by atoms with E-state index in [9.17, 15) is 8.78 Å². The Labute approximate surface area is 158 Å². The van der Waals surface area contributed by atoms with Gasteiger partial charge in [-0.2, -0.15) is 8.78 Å². The smallest absolute Gasteiger partial charge is 0.277 e. The number of alkyl halides is 2. The second-order valence-electron chi connectivity index (χ2n) is 5.66. The first-order valence-electron chi connectivity index (χ1n) is 8.23. The Balaban J connectivity index is 1.71. The van der Waals surface area contributed by atoms with Crippen LogP contribution in [0.3, 0.4) is 0 Å². The summed E-state index contributed by atoms with van der Waals surface area (Å²) in [5.74, 6) is 1.25. The summed E-state index contributed by atoms with van der Waals surface area (Å²) in [6, 6.07) is 19.4. The zero-order chi connectivity index (χ0) is 18.6. The summed E-state index contributed by atoms with van der Waals surface area (Å²) < 4.78 is 28.9. The standard InChI is InChI=1S/C19H15F2N5S/c20-18(21)25-12-11-22-16(25)13-27-19-24-23-17(14-7-3-1-4-8-14)26(19)15-9-5-2-6-10-15/h1-12,18H,13H2. The Morgan fingerprint density at radius 3 is 2.33 bits per heavy atom. The minimum absolute atomic E-state index is 0.261. The molecule has 0 radical (unpaired) electrons. The Bertz CT molecular complexity index is 1020. The van der Waals surface area contributed by atoms with Crippen molar-refractivity contribution in [3.8, 4) is 17.1 Å². The Hall–Kier alpha value is -3.00. The first kappa shape index (κ1) is 17.4. The molecule has 0 saturated heterocycles. The number of hydrogen-bond donors (Lipinski definition) is 0. The molecule has 0 fully saturated rings. The molecule has 136 valence electrons. The van der Waals surface area contributed by atoms with Gasteiger partial charge >= 0.3 is 6.55 Å². The summed E-state index contributed by atoms with van der Waals surface area (Å²) in [7, 11) is 0. The van der Waals surface area contributed by atoms with Crippen molar-refractivity contribution in [2.45, 2.75) is 17.5 Å². The van der Waals surface area contributed by atoms with Gasteiger partial charge in [0.05, 0.1) is 5.75 Å². The number of imidazole rings is 1. The summed E-state index contributed by atoms with van der Waals surface area (Å²) in [4.78, 5) is 4.02. The van der Waals surface area contributed by atoms with Crippen LogP contribution in [0.1, 0.15) is 12.4 Å². The van der Waals surface area contributed by atoms with Gasteiger partial charge in [-0.05, 0) is 12.1 Å². The fourth-order valence-corrected chi connectivity index (χ4v) is 3.61. The molecule has 2 aromatic heterocycles. The molecule has 0 unspecified atom stereocenters. The van der Waals surface area contributed by atoms with Gasteiger partial charge in [0.2, 0.25) is 0 Å². The molecule has 0 amide bonds. The van der Waals surface area contributed by atoms with Gasteiger partial charge < -0.3 is 0 Å². The van der Waals surface area contributed by atoms with E-state index >= 15 is 0 Å². The number of thioether (sulfide) groups is 1. The SMILES string of the molecule is FC(F)n1ccnc1CSc1nnc(-c2ccccc2)n1-c1ccccc1. The highest BCUT2D eigenvalue weighted by atomic mass is 32.2. The van der Waals surface area contributed by atoms with Crippen molar-refractivity contribution in [3.63, 3.8) is 0 Å². The van der Waals surface area contributed by atoms with Crippen LogP contribution in [-0.2, 0) is 5.75 Å². The van der Waals surface area contributed by atoms with Crippen LogP contribution >= 0.6 is 11.8 Å². The summed E-state index contributed by atoms with van der Waals surface area (Å²) in [5.41, 5.74) is 1.83. The predicted molar refractivity (Wildman–Crippen MR) is 99.8 cm³/mol. The molecule has 0 aliphatic carbocycles. The van der Waals surface area contributed by atoms with Gasteiger partial charge in [0.25, 0.3) is 0 Å². The average molecular weight is 383 g/mol. The normalized spacial score (nSPS) is 11.2. The zero-order valence-electron chi connectivity index (χ0n) is 14.1. The van der Waals surface area contributed by atoms with E-state index in [4.69, 9.17) is 0 Å². The lowest BCUT2D eigenvalue weighted by molar-refractivity contribution is 0.0678. The van der Waals surface area contributed by atoms with Crippen LogP contribution in [0, 0.1) is 0 Å². The third-order valence-corrected chi connectivity index (χ3v) is 4.89. The van der Waals surface area contributed by atoms with Crippen LogP contribution in [-0.4, -0.2) is 24.3 Å². The van der Waals surface area contributed by atoms with Crippen molar-refractivity contribution in [3.05, 3.63) is 78.9 Å². The second-order valence-corrected chi connectivity index (χ2v) is 6.60. The van der Waals surface area contributed by atoms with Crippen molar-refractivity contribution in [1.29, 1.82) is 0 Å². The molecule has 0 saturated carbocycles.